The fraction of sp³-hybridized carbons (Fsp3) is 0.304. The van der Waals surface area contributed by atoms with Gasteiger partial charge in [0.05, 0.1) is 16.6 Å². The van der Waals surface area contributed by atoms with Crippen molar-refractivity contribution >= 4 is 22.6 Å². The van der Waals surface area contributed by atoms with Gasteiger partial charge in [-0.25, -0.2) is 15.0 Å². The van der Waals surface area contributed by atoms with Gasteiger partial charge in [0, 0.05) is 24.8 Å². The second-order valence-corrected chi connectivity index (χ2v) is 7.49. The highest BCUT2D eigenvalue weighted by atomic mass is 19.1. The number of benzene rings is 2. The summed E-state index contributed by atoms with van der Waals surface area (Å²) in [6, 6.07) is 11.5. The first-order chi connectivity index (χ1) is 15.5. The minimum atomic E-state index is -0.611. The molecule has 4 N–H and O–H groups in total. The van der Waals surface area contributed by atoms with Crippen LogP contribution in [0.3, 0.4) is 0 Å². The van der Waals surface area contributed by atoms with E-state index in [0.717, 1.165) is 12.8 Å². The number of hydrogen-bond acceptors (Lipinski definition) is 5. The summed E-state index contributed by atoms with van der Waals surface area (Å²) >= 11 is 0. The van der Waals surface area contributed by atoms with Gasteiger partial charge in [0.15, 0.2) is 0 Å². The number of aromatic amines is 1. The van der Waals surface area contributed by atoms with Crippen LogP contribution in [0.2, 0.25) is 0 Å². The van der Waals surface area contributed by atoms with Crippen LogP contribution in [0.5, 0.6) is 0 Å². The van der Waals surface area contributed by atoms with E-state index < -0.39 is 17.6 Å². The molecule has 32 heavy (non-hydrogen) atoms. The zero-order valence-electron chi connectivity index (χ0n) is 17.5. The molecule has 0 unspecified atom stereocenters. The zero-order chi connectivity index (χ0) is 22.9. The number of rotatable bonds is 10. The van der Waals surface area contributed by atoms with Crippen LogP contribution in [-0.4, -0.2) is 33.8 Å². The van der Waals surface area contributed by atoms with Crippen molar-refractivity contribution in [1.82, 2.24) is 21.0 Å². The number of unbranched alkanes of at least 4 members (excludes halogenated alkanes) is 3. The van der Waals surface area contributed by atoms with Crippen LogP contribution in [0.1, 0.15) is 53.7 Å². The maximum atomic E-state index is 14.3. The van der Waals surface area contributed by atoms with Crippen LogP contribution >= 0.6 is 0 Å². The van der Waals surface area contributed by atoms with E-state index in [4.69, 9.17) is 5.21 Å². The Kier molecular flexibility index (Phi) is 8.04. The van der Waals surface area contributed by atoms with Crippen molar-refractivity contribution in [2.24, 2.45) is 0 Å². The van der Waals surface area contributed by atoms with Gasteiger partial charge in [0.25, 0.3) is 11.5 Å². The molecule has 0 radical (unpaired) electrons. The third kappa shape index (κ3) is 5.98. The molecule has 0 fully saturated rings. The molecule has 2 aromatic carbocycles. The molecule has 0 atom stereocenters. The van der Waals surface area contributed by atoms with Gasteiger partial charge in [-0.1, -0.05) is 37.1 Å². The highest BCUT2D eigenvalue weighted by molar-refractivity contribution is 5.94. The van der Waals surface area contributed by atoms with Gasteiger partial charge >= 0.3 is 0 Å². The predicted molar refractivity (Wildman–Crippen MR) is 117 cm³/mol. The van der Waals surface area contributed by atoms with Crippen molar-refractivity contribution in [3.63, 3.8) is 0 Å². The first-order valence-electron chi connectivity index (χ1n) is 10.5. The fourth-order valence-corrected chi connectivity index (χ4v) is 3.47. The van der Waals surface area contributed by atoms with Gasteiger partial charge in [0.2, 0.25) is 5.91 Å². The largest absolute Gasteiger partial charge is 0.352 e. The number of halogens is 1. The molecule has 0 saturated heterocycles. The van der Waals surface area contributed by atoms with Gasteiger partial charge in [-0.2, -0.15) is 5.10 Å². The standard InChI is InChI=1S/C23H25FN4O4/c24-19-11-10-15(14-20-16-7-4-5-8-17(16)23(31)27-26-20)13-18(19)22(30)25-12-6-2-1-3-9-21(29)28-32/h4-5,7-8,10-11,13,32H,1-3,6,9,12,14H2,(H,25,30)(H,27,31)(H,28,29). The lowest BCUT2D eigenvalue weighted by Gasteiger charge is -2.09. The van der Waals surface area contributed by atoms with Crippen LogP contribution in [-0.2, 0) is 11.2 Å². The number of carbonyl (C=O) groups excluding carboxylic acids is 2. The van der Waals surface area contributed by atoms with Crippen molar-refractivity contribution < 1.29 is 19.2 Å². The molecule has 3 aromatic rings. The molecule has 0 aliphatic heterocycles. The van der Waals surface area contributed by atoms with E-state index in [-0.39, 0.29) is 17.5 Å². The number of hydroxylamine groups is 1. The van der Waals surface area contributed by atoms with E-state index in [0.29, 0.717) is 47.8 Å². The lowest BCUT2D eigenvalue weighted by Crippen LogP contribution is -2.25. The Morgan fingerprint density at radius 1 is 1.03 bits per heavy atom. The second-order valence-electron chi connectivity index (χ2n) is 7.49. The van der Waals surface area contributed by atoms with Crippen LogP contribution in [0.15, 0.2) is 47.3 Å². The predicted octanol–water partition coefficient (Wildman–Crippen LogP) is 2.84. The lowest BCUT2D eigenvalue weighted by molar-refractivity contribution is -0.129. The Hall–Kier alpha value is -3.59. The average molecular weight is 440 g/mol. The summed E-state index contributed by atoms with van der Waals surface area (Å²) < 4.78 is 14.3. The Labute approximate surface area is 183 Å². The Balaban J connectivity index is 1.59. The summed E-state index contributed by atoms with van der Waals surface area (Å²) in [6.07, 6.45) is 3.50. The number of amides is 2. The molecule has 9 heteroatoms. The molecule has 168 valence electrons. The monoisotopic (exact) mass is 440 g/mol. The second kappa shape index (κ2) is 11.1. The number of aromatic nitrogens is 2. The number of nitrogens with one attached hydrogen (secondary N) is 3. The van der Waals surface area contributed by atoms with Crippen molar-refractivity contribution in [2.45, 2.75) is 38.5 Å². The van der Waals surface area contributed by atoms with Crippen molar-refractivity contribution in [2.75, 3.05) is 6.54 Å². The Bertz CT molecular complexity index is 1160. The molecule has 0 aliphatic rings. The lowest BCUT2D eigenvalue weighted by atomic mass is 10.0. The number of H-pyrrole nitrogens is 1. The minimum absolute atomic E-state index is 0.0455. The summed E-state index contributed by atoms with van der Waals surface area (Å²) in [5.41, 5.74) is 2.59. The summed E-state index contributed by atoms with van der Waals surface area (Å²) in [5.74, 6) is -1.53. The number of fused-ring (bicyclic) bond motifs is 1. The van der Waals surface area contributed by atoms with E-state index in [1.54, 1.807) is 29.7 Å². The van der Waals surface area contributed by atoms with Gasteiger partial charge in [0.1, 0.15) is 5.82 Å². The van der Waals surface area contributed by atoms with E-state index in [1.807, 2.05) is 6.07 Å². The van der Waals surface area contributed by atoms with Gasteiger partial charge in [-0.05, 0) is 36.6 Å². The van der Waals surface area contributed by atoms with E-state index >= 15 is 0 Å². The molecule has 3 rings (SSSR count). The van der Waals surface area contributed by atoms with Crippen LogP contribution in [0.25, 0.3) is 10.8 Å². The quantitative estimate of drug-likeness (QED) is 0.219. The van der Waals surface area contributed by atoms with Crippen molar-refractivity contribution in [3.8, 4) is 0 Å². The van der Waals surface area contributed by atoms with Gasteiger partial charge in [-0.3, -0.25) is 19.6 Å². The number of carbonyl (C=O) groups is 2. The fourth-order valence-electron chi connectivity index (χ4n) is 3.47. The van der Waals surface area contributed by atoms with Crippen molar-refractivity contribution in [1.29, 1.82) is 0 Å². The highest BCUT2D eigenvalue weighted by Gasteiger charge is 2.14. The molecular weight excluding hydrogens is 415 g/mol. The SMILES string of the molecule is O=C(CCCCCCNC(=O)c1cc(Cc2n[nH]c(=O)c3ccccc23)ccc1F)NO. The summed E-state index contributed by atoms with van der Waals surface area (Å²) in [5, 5.41) is 19.0. The van der Waals surface area contributed by atoms with Crippen LogP contribution in [0.4, 0.5) is 4.39 Å². The van der Waals surface area contributed by atoms with Crippen molar-refractivity contribution in [3.05, 3.63) is 75.5 Å². The molecule has 0 spiro atoms. The molecule has 0 saturated carbocycles. The molecule has 0 aliphatic carbocycles. The van der Waals surface area contributed by atoms with Crippen LogP contribution in [0, 0.1) is 5.82 Å². The third-order valence-corrected chi connectivity index (χ3v) is 5.16. The van der Waals surface area contributed by atoms with Gasteiger partial charge in [-0.15, -0.1) is 0 Å². The maximum absolute atomic E-state index is 14.3. The summed E-state index contributed by atoms with van der Waals surface area (Å²) in [4.78, 5) is 35.3. The number of nitrogens with zero attached hydrogens (tertiary/aromatic N) is 1. The summed E-state index contributed by atoms with van der Waals surface area (Å²) in [7, 11) is 0. The van der Waals surface area contributed by atoms with E-state index in [9.17, 15) is 18.8 Å². The smallest absolute Gasteiger partial charge is 0.272 e. The normalized spacial score (nSPS) is 10.8. The first kappa shape index (κ1) is 23.1. The van der Waals surface area contributed by atoms with E-state index in [1.165, 1.54) is 12.1 Å². The molecular formula is C23H25FN4O4. The molecule has 8 nitrogen and oxygen atoms in total. The zero-order valence-corrected chi connectivity index (χ0v) is 17.5. The summed E-state index contributed by atoms with van der Waals surface area (Å²) in [6.45, 7) is 0.390. The Morgan fingerprint density at radius 2 is 1.78 bits per heavy atom. The molecule has 0 bridgehead atoms. The maximum Gasteiger partial charge on any atom is 0.272 e. The molecule has 1 aromatic heterocycles. The van der Waals surface area contributed by atoms with E-state index in [2.05, 4.69) is 15.5 Å². The molecule has 2 amide bonds. The number of hydrogen-bond donors (Lipinski definition) is 4. The third-order valence-electron chi connectivity index (χ3n) is 5.16. The molecule has 1 heterocycles. The highest BCUT2D eigenvalue weighted by Crippen LogP contribution is 2.18. The Morgan fingerprint density at radius 3 is 2.56 bits per heavy atom. The van der Waals surface area contributed by atoms with Gasteiger partial charge < -0.3 is 5.32 Å². The topological polar surface area (TPSA) is 124 Å². The van der Waals surface area contributed by atoms with Crippen LogP contribution < -0.4 is 16.4 Å². The minimum Gasteiger partial charge on any atom is -0.352 e. The average Bonchev–Trinajstić information content (AvgIpc) is 2.81. The first-order valence-corrected chi connectivity index (χ1v) is 10.5.